The lowest BCUT2D eigenvalue weighted by Crippen LogP contribution is -2.13. The summed E-state index contributed by atoms with van der Waals surface area (Å²) in [5, 5.41) is 4.88. The fourth-order valence-electron chi connectivity index (χ4n) is 9.02. The molecule has 75 heavy (non-hydrogen) atoms. The lowest BCUT2D eigenvalue weighted by Gasteiger charge is -2.13. The Morgan fingerprint density at radius 2 is 0.840 bits per heavy atom. The third-order valence-electron chi connectivity index (χ3n) is 13.2. The van der Waals surface area contributed by atoms with Gasteiger partial charge >= 0.3 is 0 Å². The van der Waals surface area contributed by atoms with Crippen LogP contribution >= 0.6 is 12.6 Å². The third-order valence-corrected chi connectivity index (χ3v) is 13.2. The van der Waals surface area contributed by atoms with Gasteiger partial charge in [0.15, 0.2) is 0 Å². The van der Waals surface area contributed by atoms with E-state index < -0.39 is 0 Å². The van der Waals surface area contributed by atoms with Crippen molar-refractivity contribution in [2.45, 2.75) is 33.2 Å². The van der Waals surface area contributed by atoms with E-state index in [-0.39, 0.29) is 0 Å². The van der Waals surface area contributed by atoms with Crippen molar-refractivity contribution in [1.82, 2.24) is 0 Å². The Hall–Kier alpha value is -8.54. The van der Waals surface area contributed by atoms with Gasteiger partial charge in [0.25, 0.3) is 0 Å². The molecule has 0 spiro atoms. The van der Waals surface area contributed by atoms with E-state index in [9.17, 15) is 0 Å². The van der Waals surface area contributed by atoms with Crippen molar-refractivity contribution in [2.24, 2.45) is 16.5 Å². The maximum absolute atomic E-state index is 6.59. The van der Waals surface area contributed by atoms with E-state index in [0.29, 0.717) is 12.4 Å². The van der Waals surface area contributed by atoms with Crippen LogP contribution in [0.15, 0.2) is 278 Å². The highest BCUT2D eigenvalue weighted by Crippen LogP contribution is 2.37. The predicted octanol–water partition coefficient (Wildman–Crippen LogP) is 17.9. The van der Waals surface area contributed by atoms with Crippen molar-refractivity contribution in [3.63, 3.8) is 0 Å². The highest BCUT2D eigenvalue weighted by molar-refractivity contribution is 7.79. The summed E-state index contributed by atoms with van der Waals surface area (Å²) < 4.78 is 0. The molecule has 11 rings (SSSR count). The molecule has 11 aromatic carbocycles. The highest BCUT2D eigenvalue weighted by Gasteiger charge is 2.12. The van der Waals surface area contributed by atoms with Crippen molar-refractivity contribution < 1.29 is 0 Å². The summed E-state index contributed by atoms with van der Waals surface area (Å²) in [6.07, 6.45) is 5.74. The summed E-state index contributed by atoms with van der Waals surface area (Å²) in [5.41, 5.74) is 29.8. The molecule has 0 atom stereocenters. The van der Waals surface area contributed by atoms with E-state index in [1.54, 1.807) is 6.26 Å². The topological polar surface area (TPSA) is 64.4 Å². The summed E-state index contributed by atoms with van der Waals surface area (Å²) in [6.45, 7) is 4.79. The van der Waals surface area contributed by atoms with Crippen LogP contribution in [-0.4, -0.2) is 12.1 Å². The molecule has 0 bridgehead atoms. The molecule has 0 amide bonds. The van der Waals surface area contributed by atoms with E-state index >= 15 is 0 Å². The highest BCUT2D eigenvalue weighted by atomic mass is 32.1. The molecule has 11 aromatic rings. The maximum Gasteiger partial charge on any atom is 0.131 e. The van der Waals surface area contributed by atoms with Gasteiger partial charge in [-0.05, 0) is 126 Å². The van der Waals surface area contributed by atoms with Crippen LogP contribution in [-0.2, 0) is 19.4 Å². The molecule has 0 aliphatic heterocycles. The predicted molar refractivity (Wildman–Crippen MR) is 328 cm³/mol. The Balaban J connectivity index is 0.000000375. The number of hydrogen-bond acceptors (Lipinski definition) is 3. The molecule has 0 fully saturated rings. The minimum Gasteiger partial charge on any atom is -0.383 e. The zero-order valence-corrected chi connectivity index (χ0v) is 44.0. The van der Waals surface area contributed by atoms with Crippen molar-refractivity contribution in [2.75, 3.05) is 6.26 Å². The zero-order chi connectivity index (χ0) is 52.2. The van der Waals surface area contributed by atoms with Gasteiger partial charge < -0.3 is 11.5 Å². The zero-order valence-electron chi connectivity index (χ0n) is 43.2. The van der Waals surface area contributed by atoms with E-state index in [2.05, 4.69) is 239 Å². The number of nitrogens with zero attached hydrogens (tertiary/aromatic N) is 1. The first-order valence-electron chi connectivity index (χ1n) is 25.6. The van der Waals surface area contributed by atoms with Crippen LogP contribution in [0.2, 0.25) is 0 Å². The number of aryl methyl sites for hydroxylation is 2. The smallest absolute Gasteiger partial charge is 0.131 e. The summed E-state index contributed by atoms with van der Waals surface area (Å²) >= 11 is 3.53. The van der Waals surface area contributed by atoms with Gasteiger partial charge in [-0.2, -0.15) is 12.6 Å². The first-order valence-corrected chi connectivity index (χ1v) is 26.5. The standard InChI is InChI=1S/C55H43N3.C8H10.C7H8.CH4S/c56-37-39-19-24-42(25-20-39)46-30-32-50-48(35-46)13-7-15-52(50)53-16-8-14-49-36-47(31-33-51(49)53)43-26-28-44(29-27-43)54(58-55(57)45-11-5-2-6-12-45)34-21-38-17-22-41(23-18-38)40-9-3-1-4-10-40;1-2-8-6-4-3-5-7-8;1-7-5-3-2-4-6-7;1-2/h1-20,22-36H,21,37,56H2,(H2,57,58);3-7H,2H2,1H3;2-6H,1H3;2H,1H3/b54-34-;;;. The van der Waals surface area contributed by atoms with Gasteiger partial charge in [-0.15, -0.1) is 0 Å². The molecule has 0 saturated carbocycles. The van der Waals surface area contributed by atoms with Gasteiger partial charge in [-0.25, -0.2) is 4.99 Å². The van der Waals surface area contributed by atoms with Crippen LogP contribution in [0.25, 0.3) is 71.7 Å². The van der Waals surface area contributed by atoms with Crippen molar-refractivity contribution >= 4 is 45.7 Å². The van der Waals surface area contributed by atoms with E-state index in [1.165, 1.54) is 71.6 Å². The Labute approximate surface area is 450 Å². The van der Waals surface area contributed by atoms with Gasteiger partial charge in [-0.3, -0.25) is 0 Å². The first kappa shape index (κ1) is 52.8. The van der Waals surface area contributed by atoms with Crippen LogP contribution in [0.3, 0.4) is 0 Å². The lowest BCUT2D eigenvalue weighted by molar-refractivity contribution is 1.07. The van der Waals surface area contributed by atoms with Gasteiger partial charge in [0.05, 0.1) is 5.70 Å². The number of fused-ring (bicyclic) bond motifs is 2. The summed E-state index contributed by atoms with van der Waals surface area (Å²) in [7, 11) is 0. The summed E-state index contributed by atoms with van der Waals surface area (Å²) in [6, 6.07) is 93.8. The number of rotatable bonds is 11. The van der Waals surface area contributed by atoms with Gasteiger partial charge in [0.1, 0.15) is 5.84 Å². The minimum atomic E-state index is 0.491. The normalized spacial score (nSPS) is 11.1. The second-order valence-corrected chi connectivity index (χ2v) is 18.2. The molecule has 3 nitrogen and oxygen atoms in total. The number of aliphatic imine (C=N–C) groups is 1. The van der Waals surface area contributed by atoms with E-state index in [1.807, 2.05) is 60.7 Å². The molecule has 4 heteroatoms. The second kappa shape index (κ2) is 27.0. The van der Waals surface area contributed by atoms with E-state index in [4.69, 9.17) is 16.5 Å². The Kier molecular flexibility index (Phi) is 19.0. The molecule has 0 aliphatic carbocycles. The quantitative estimate of drug-likeness (QED) is 0.0687. The van der Waals surface area contributed by atoms with Gasteiger partial charge in [0, 0.05) is 12.1 Å². The van der Waals surface area contributed by atoms with E-state index in [0.717, 1.165) is 46.4 Å². The molecule has 0 saturated heterocycles. The van der Waals surface area contributed by atoms with Crippen molar-refractivity contribution in [3.8, 4) is 44.5 Å². The number of amidine groups is 1. The van der Waals surface area contributed by atoms with Crippen LogP contribution < -0.4 is 11.5 Å². The average Bonchev–Trinajstić information content (AvgIpc) is 3.49. The van der Waals surface area contributed by atoms with Crippen LogP contribution in [0.4, 0.5) is 0 Å². The van der Waals surface area contributed by atoms with Gasteiger partial charge in [-0.1, -0.05) is 273 Å². The molecule has 370 valence electrons. The fraction of sp³-hybridized carbons (Fsp3) is 0.0845. The Bertz CT molecular complexity index is 3570. The Morgan fingerprint density at radius 1 is 0.413 bits per heavy atom. The lowest BCUT2D eigenvalue weighted by atomic mass is 9.91. The molecule has 0 aliphatic rings. The largest absolute Gasteiger partial charge is 0.383 e. The molecule has 0 unspecified atom stereocenters. The van der Waals surface area contributed by atoms with Crippen molar-refractivity contribution in [1.29, 1.82) is 0 Å². The number of thiol groups is 1. The Morgan fingerprint density at radius 3 is 1.31 bits per heavy atom. The molecule has 0 radical (unpaired) electrons. The number of benzene rings is 11. The molecule has 0 aromatic heterocycles. The second-order valence-electron chi connectivity index (χ2n) is 18.2. The molecule has 0 heterocycles. The van der Waals surface area contributed by atoms with Crippen LogP contribution in [0.1, 0.15) is 40.3 Å². The molecular weight excluding hydrogens is 927 g/mol. The number of hydrogen-bond donors (Lipinski definition) is 3. The number of allylic oxidation sites excluding steroid dienone is 1. The average molecular weight is 992 g/mol. The minimum absolute atomic E-state index is 0.491. The molecular formula is C71H65N3S. The van der Waals surface area contributed by atoms with Gasteiger partial charge in [0.2, 0.25) is 0 Å². The number of nitrogens with two attached hydrogens (primary N) is 2. The maximum atomic E-state index is 6.59. The monoisotopic (exact) mass is 991 g/mol. The first-order chi connectivity index (χ1) is 36.9. The fourth-order valence-corrected chi connectivity index (χ4v) is 9.02. The van der Waals surface area contributed by atoms with Crippen LogP contribution in [0.5, 0.6) is 0 Å². The third kappa shape index (κ3) is 14.2. The molecule has 4 N–H and O–H groups in total. The SMILES string of the molecule is CCc1ccccc1.CS.Cc1ccccc1.NCc1ccc(-c2ccc3c(-c4cccc5cc(-c6ccc(/C(=C/Cc7ccc(-c8ccccc8)cc7)N=C(N)c7ccccc7)cc6)ccc45)cccc3c2)cc1. The van der Waals surface area contributed by atoms with Crippen molar-refractivity contribution in [3.05, 3.63) is 306 Å². The van der Waals surface area contributed by atoms with Crippen LogP contribution in [0, 0.1) is 6.92 Å². The summed E-state index contributed by atoms with van der Waals surface area (Å²) in [4.78, 5) is 4.98. The summed E-state index contributed by atoms with van der Waals surface area (Å²) in [5.74, 6) is 0.491.